The number of carbonyl (C=O) groups is 1. The standard InChI is InChI=1S/C27H35N3O5S/c1-34-25-13-6-5-12-24(25)26(31)28-20-27(21-9-3-2-4-10-21)16-14-22(15-17-27)30-36(32,33)29-19-23-11-7-8-18-35-23/h2-6,8-10,12-13,18,22-23,29-30H,7,11,14-17,19-20H2,1H3,(H,28,31)/t22-,23?,27-. The van der Waals surface area contributed by atoms with Crippen molar-refractivity contribution in [3.05, 3.63) is 78.1 Å². The summed E-state index contributed by atoms with van der Waals surface area (Å²) in [6.07, 6.45) is 7.93. The zero-order valence-corrected chi connectivity index (χ0v) is 21.4. The zero-order valence-electron chi connectivity index (χ0n) is 20.6. The molecule has 36 heavy (non-hydrogen) atoms. The Morgan fingerprint density at radius 1 is 1.06 bits per heavy atom. The maximum Gasteiger partial charge on any atom is 0.277 e. The lowest BCUT2D eigenvalue weighted by Crippen LogP contribution is -2.50. The number of allylic oxidation sites excluding steroid dienone is 1. The molecule has 194 valence electrons. The van der Waals surface area contributed by atoms with E-state index in [0.29, 0.717) is 30.7 Å². The van der Waals surface area contributed by atoms with Crippen molar-refractivity contribution in [1.29, 1.82) is 0 Å². The second-order valence-electron chi connectivity index (χ2n) is 9.48. The smallest absolute Gasteiger partial charge is 0.277 e. The number of ether oxygens (including phenoxy) is 2. The molecule has 1 amide bonds. The Bertz CT molecular complexity index is 1150. The van der Waals surface area contributed by atoms with Crippen molar-refractivity contribution >= 4 is 16.1 Å². The average Bonchev–Trinajstić information content (AvgIpc) is 2.92. The molecule has 1 saturated carbocycles. The summed E-state index contributed by atoms with van der Waals surface area (Å²) < 4.78 is 41.5. The maximum atomic E-state index is 13.0. The van der Waals surface area contributed by atoms with Crippen LogP contribution in [0.5, 0.6) is 5.75 Å². The SMILES string of the molecule is COc1ccccc1C(=O)NC[C@]1(c2ccccc2)CC[C@H](NS(=O)(=O)NCC2CCC=CO2)CC1. The van der Waals surface area contributed by atoms with E-state index in [1.807, 2.05) is 36.4 Å². The third-order valence-electron chi connectivity index (χ3n) is 7.11. The van der Waals surface area contributed by atoms with Crippen LogP contribution in [-0.4, -0.2) is 46.7 Å². The predicted molar refractivity (Wildman–Crippen MR) is 139 cm³/mol. The van der Waals surface area contributed by atoms with Crippen molar-refractivity contribution in [2.45, 2.75) is 56.1 Å². The Balaban J connectivity index is 1.38. The molecule has 1 atom stereocenters. The molecule has 1 aliphatic heterocycles. The first-order chi connectivity index (χ1) is 17.4. The molecule has 9 heteroatoms. The average molecular weight is 514 g/mol. The molecule has 1 aliphatic carbocycles. The number of amides is 1. The molecule has 3 N–H and O–H groups in total. The van der Waals surface area contributed by atoms with E-state index < -0.39 is 10.2 Å². The van der Waals surface area contributed by atoms with Gasteiger partial charge in [-0.1, -0.05) is 42.5 Å². The summed E-state index contributed by atoms with van der Waals surface area (Å²) in [7, 11) is -2.09. The summed E-state index contributed by atoms with van der Waals surface area (Å²) in [5.74, 6) is 0.346. The van der Waals surface area contributed by atoms with Gasteiger partial charge in [-0.15, -0.1) is 0 Å². The number of carbonyl (C=O) groups excluding carboxylic acids is 1. The summed E-state index contributed by atoms with van der Waals surface area (Å²) in [5, 5.41) is 3.11. The fraction of sp³-hybridized carbons (Fsp3) is 0.444. The predicted octanol–water partition coefficient (Wildman–Crippen LogP) is 3.42. The maximum absolute atomic E-state index is 13.0. The minimum absolute atomic E-state index is 0.143. The minimum atomic E-state index is -3.64. The van der Waals surface area contributed by atoms with Crippen molar-refractivity contribution in [3.8, 4) is 5.75 Å². The van der Waals surface area contributed by atoms with Gasteiger partial charge >= 0.3 is 0 Å². The summed E-state index contributed by atoms with van der Waals surface area (Å²) in [6, 6.07) is 17.1. The summed E-state index contributed by atoms with van der Waals surface area (Å²) in [5.41, 5.74) is 1.36. The molecule has 0 radical (unpaired) electrons. The molecular weight excluding hydrogens is 478 g/mol. The lowest BCUT2D eigenvalue weighted by Gasteiger charge is -2.41. The van der Waals surface area contributed by atoms with Gasteiger partial charge in [0, 0.05) is 24.5 Å². The van der Waals surface area contributed by atoms with E-state index in [4.69, 9.17) is 9.47 Å². The van der Waals surface area contributed by atoms with Gasteiger partial charge in [0.1, 0.15) is 11.9 Å². The topological polar surface area (TPSA) is 106 Å². The van der Waals surface area contributed by atoms with Crippen LogP contribution in [0.4, 0.5) is 0 Å². The summed E-state index contributed by atoms with van der Waals surface area (Å²) >= 11 is 0. The van der Waals surface area contributed by atoms with Crippen LogP contribution in [0.3, 0.4) is 0 Å². The van der Waals surface area contributed by atoms with Gasteiger partial charge in [0.2, 0.25) is 0 Å². The fourth-order valence-corrected chi connectivity index (χ4v) is 6.19. The van der Waals surface area contributed by atoms with Crippen molar-refractivity contribution in [3.63, 3.8) is 0 Å². The Hall–Kier alpha value is -2.88. The highest BCUT2D eigenvalue weighted by Gasteiger charge is 2.38. The van der Waals surface area contributed by atoms with Gasteiger partial charge in [-0.25, -0.2) is 0 Å². The molecule has 2 aromatic rings. The first-order valence-electron chi connectivity index (χ1n) is 12.4. The lowest BCUT2D eigenvalue weighted by atomic mass is 9.68. The Labute approximate surface area is 213 Å². The number of para-hydroxylation sites is 1. The zero-order chi connectivity index (χ0) is 25.4. The van der Waals surface area contributed by atoms with E-state index >= 15 is 0 Å². The van der Waals surface area contributed by atoms with E-state index in [-0.39, 0.29) is 30.0 Å². The van der Waals surface area contributed by atoms with Crippen LogP contribution >= 0.6 is 0 Å². The number of benzene rings is 2. The van der Waals surface area contributed by atoms with Crippen LogP contribution in [0.25, 0.3) is 0 Å². The van der Waals surface area contributed by atoms with E-state index in [1.54, 1.807) is 25.5 Å². The molecular formula is C27H35N3O5S. The van der Waals surface area contributed by atoms with E-state index in [0.717, 1.165) is 31.2 Å². The Kier molecular flexibility index (Phi) is 8.66. The number of hydrogen-bond acceptors (Lipinski definition) is 5. The minimum Gasteiger partial charge on any atom is -0.497 e. The number of rotatable bonds is 10. The Morgan fingerprint density at radius 3 is 2.47 bits per heavy atom. The van der Waals surface area contributed by atoms with Gasteiger partial charge in [-0.05, 0) is 62.3 Å². The largest absolute Gasteiger partial charge is 0.497 e. The van der Waals surface area contributed by atoms with Gasteiger partial charge < -0.3 is 14.8 Å². The molecule has 1 unspecified atom stereocenters. The molecule has 2 aromatic carbocycles. The van der Waals surface area contributed by atoms with Gasteiger partial charge in [-0.2, -0.15) is 17.9 Å². The van der Waals surface area contributed by atoms with Crippen molar-refractivity contribution in [2.24, 2.45) is 0 Å². The van der Waals surface area contributed by atoms with E-state index in [9.17, 15) is 13.2 Å². The third-order valence-corrected chi connectivity index (χ3v) is 8.30. The van der Waals surface area contributed by atoms with E-state index in [2.05, 4.69) is 26.9 Å². The third kappa shape index (κ3) is 6.66. The monoisotopic (exact) mass is 513 g/mol. The molecule has 0 bridgehead atoms. The second kappa shape index (κ2) is 11.9. The molecule has 0 aromatic heterocycles. The van der Waals surface area contributed by atoms with Crippen LogP contribution in [0.2, 0.25) is 0 Å². The normalized spacial score (nSPS) is 24.0. The highest BCUT2D eigenvalue weighted by Crippen LogP contribution is 2.39. The quantitative estimate of drug-likeness (QED) is 0.452. The summed E-state index contributed by atoms with van der Waals surface area (Å²) in [6.45, 7) is 0.702. The van der Waals surface area contributed by atoms with Crippen molar-refractivity contribution in [1.82, 2.24) is 14.8 Å². The second-order valence-corrected chi connectivity index (χ2v) is 11.0. The molecule has 0 spiro atoms. The van der Waals surface area contributed by atoms with Crippen LogP contribution < -0.4 is 19.5 Å². The fourth-order valence-electron chi connectivity index (χ4n) is 5.02. The summed E-state index contributed by atoms with van der Waals surface area (Å²) in [4.78, 5) is 13.0. The van der Waals surface area contributed by atoms with Crippen LogP contribution in [-0.2, 0) is 20.4 Å². The van der Waals surface area contributed by atoms with Crippen LogP contribution in [0.1, 0.15) is 54.4 Å². The molecule has 1 fully saturated rings. The molecule has 0 saturated heterocycles. The van der Waals surface area contributed by atoms with E-state index in [1.165, 1.54) is 0 Å². The Morgan fingerprint density at radius 2 is 1.78 bits per heavy atom. The molecule has 2 aliphatic rings. The molecule has 4 rings (SSSR count). The van der Waals surface area contributed by atoms with Crippen molar-refractivity contribution in [2.75, 3.05) is 20.2 Å². The lowest BCUT2D eigenvalue weighted by molar-refractivity contribution is 0.0932. The first-order valence-corrected chi connectivity index (χ1v) is 13.9. The number of methoxy groups -OCH3 is 1. The van der Waals surface area contributed by atoms with Gasteiger partial charge in [0.15, 0.2) is 0 Å². The highest BCUT2D eigenvalue weighted by molar-refractivity contribution is 7.87. The molecule has 8 nitrogen and oxygen atoms in total. The van der Waals surface area contributed by atoms with Gasteiger partial charge in [0.25, 0.3) is 16.1 Å². The van der Waals surface area contributed by atoms with Crippen molar-refractivity contribution < 1.29 is 22.7 Å². The van der Waals surface area contributed by atoms with Crippen LogP contribution in [0.15, 0.2) is 66.9 Å². The van der Waals surface area contributed by atoms with Gasteiger partial charge in [-0.3, -0.25) is 4.79 Å². The number of hydrogen-bond donors (Lipinski definition) is 3. The highest BCUT2D eigenvalue weighted by atomic mass is 32.2. The van der Waals surface area contributed by atoms with Gasteiger partial charge in [0.05, 0.1) is 18.9 Å². The van der Waals surface area contributed by atoms with Crippen LogP contribution in [0, 0.1) is 0 Å². The number of nitrogens with one attached hydrogen (secondary N) is 3. The first kappa shape index (κ1) is 26.2. The molecule has 1 heterocycles.